The van der Waals surface area contributed by atoms with Crippen molar-refractivity contribution in [3.63, 3.8) is 0 Å². The normalized spacial score (nSPS) is 17.5. The maximum absolute atomic E-state index is 11.5. The van der Waals surface area contributed by atoms with Gasteiger partial charge in [-0.25, -0.2) is 9.97 Å². The lowest BCUT2D eigenvalue weighted by Gasteiger charge is -2.09. The summed E-state index contributed by atoms with van der Waals surface area (Å²) in [4.78, 5) is 25.0. The number of aryl methyl sites for hydroxylation is 3. The van der Waals surface area contributed by atoms with Gasteiger partial charge in [0.15, 0.2) is 17.0 Å². The lowest BCUT2D eigenvalue weighted by atomic mass is 10.0. The first-order valence-corrected chi connectivity index (χ1v) is 12.3. The number of aromatic nitrogens is 9. The van der Waals surface area contributed by atoms with E-state index in [0.717, 1.165) is 41.9 Å². The summed E-state index contributed by atoms with van der Waals surface area (Å²) >= 11 is 0. The summed E-state index contributed by atoms with van der Waals surface area (Å²) in [5, 5.41) is 16.9. The van der Waals surface area contributed by atoms with Crippen molar-refractivity contribution in [1.82, 2.24) is 44.9 Å². The predicted molar refractivity (Wildman–Crippen MR) is 132 cm³/mol. The fourth-order valence-electron chi connectivity index (χ4n) is 4.90. The molecule has 0 aliphatic heterocycles. The number of hydrogen-bond donors (Lipinski definition) is 1. The minimum Gasteiger partial charge on any atom is -0.369 e. The Labute approximate surface area is 211 Å². The van der Waals surface area contributed by atoms with Crippen molar-refractivity contribution in [2.75, 3.05) is 0 Å². The first-order chi connectivity index (χ1) is 18.0. The van der Waals surface area contributed by atoms with Gasteiger partial charge in [0, 0.05) is 44.0 Å². The second kappa shape index (κ2) is 9.52. The Hall–Kier alpha value is -4.48. The molecule has 1 aliphatic carbocycles. The van der Waals surface area contributed by atoms with Crippen molar-refractivity contribution in [1.29, 1.82) is 0 Å². The van der Waals surface area contributed by atoms with Gasteiger partial charge in [-0.15, -0.1) is 5.10 Å². The zero-order valence-corrected chi connectivity index (χ0v) is 20.4. The first-order valence-electron chi connectivity index (χ1n) is 12.3. The summed E-state index contributed by atoms with van der Waals surface area (Å²) in [6.45, 7) is 2.44. The van der Waals surface area contributed by atoms with Gasteiger partial charge in [-0.3, -0.25) is 9.48 Å². The molecule has 4 heterocycles. The van der Waals surface area contributed by atoms with Gasteiger partial charge in [0.1, 0.15) is 5.82 Å². The molecule has 4 aromatic heterocycles. The molecule has 5 aromatic rings. The van der Waals surface area contributed by atoms with E-state index in [4.69, 9.17) is 15.2 Å². The monoisotopic (exact) mass is 498 g/mol. The lowest BCUT2D eigenvalue weighted by Crippen LogP contribution is -2.21. The van der Waals surface area contributed by atoms with E-state index in [9.17, 15) is 4.79 Å². The second-order valence-electron chi connectivity index (χ2n) is 9.50. The van der Waals surface area contributed by atoms with Gasteiger partial charge in [-0.05, 0) is 42.9 Å². The number of hydrogen-bond acceptors (Lipinski definition) is 9. The van der Waals surface area contributed by atoms with Gasteiger partial charge in [0.2, 0.25) is 11.8 Å². The molecule has 1 aromatic carbocycles. The Bertz CT molecular complexity index is 1550. The third-order valence-corrected chi connectivity index (χ3v) is 6.87. The molecular formula is C25H26N10O2. The molecule has 188 valence electrons. The molecule has 37 heavy (non-hydrogen) atoms. The fourth-order valence-corrected chi connectivity index (χ4v) is 4.90. The molecule has 0 radical (unpaired) electrons. The van der Waals surface area contributed by atoms with E-state index in [-0.39, 0.29) is 11.8 Å². The van der Waals surface area contributed by atoms with Crippen LogP contribution in [0.5, 0.6) is 0 Å². The van der Waals surface area contributed by atoms with Crippen LogP contribution < -0.4 is 5.73 Å². The molecule has 6 rings (SSSR count). The van der Waals surface area contributed by atoms with Crippen molar-refractivity contribution in [2.24, 2.45) is 17.6 Å². The van der Waals surface area contributed by atoms with Gasteiger partial charge in [-0.1, -0.05) is 22.5 Å². The fraction of sp³-hybridized carbons (Fsp3) is 0.360. The number of primary amides is 1. The molecule has 1 saturated carbocycles. The highest BCUT2D eigenvalue weighted by molar-refractivity contribution is 5.77. The zero-order valence-electron chi connectivity index (χ0n) is 20.4. The molecule has 1 amide bonds. The average Bonchev–Trinajstić information content (AvgIpc) is 3.70. The lowest BCUT2D eigenvalue weighted by molar-refractivity contribution is -0.121. The van der Waals surface area contributed by atoms with Crippen LogP contribution in [0.1, 0.15) is 36.8 Å². The smallest absolute Gasteiger partial charge is 0.223 e. The molecular weight excluding hydrogens is 472 g/mol. The maximum Gasteiger partial charge on any atom is 0.223 e. The standard InChI is InChI=1S/C25H26N10O2/c1-15-29-22(32-37-15)8-9-34-14-19(12-28-34)17-4-6-20(7-5-17)35-25-21(31-33-35)13-27-23(30-25)11-16-2-3-18(10-16)24(26)36/h4-7,12-14,16,18H,2-3,8-11H2,1H3,(H2,26,36)/t16-,18-/m1/s1. The van der Waals surface area contributed by atoms with Crippen LogP contribution in [0.25, 0.3) is 28.0 Å². The number of nitrogens with two attached hydrogens (primary N) is 1. The number of carbonyl (C=O) groups excluding carboxylic acids is 1. The van der Waals surface area contributed by atoms with E-state index < -0.39 is 0 Å². The molecule has 0 unspecified atom stereocenters. The first kappa shape index (κ1) is 23.0. The summed E-state index contributed by atoms with van der Waals surface area (Å²) in [7, 11) is 0. The van der Waals surface area contributed by atoms with Crippen LogP contribution in [0.2, 0.25) is 0 Å². The molecule has 2 N–H and O–H groups in total. The minimum atomic E-state index is -0.212. The Morgan fingerprint density at radius 2 is 1.97 bits per heavy atom. The largest absolute Gasteiger partial charge is 0.369 e. The van der Waals surface area contributed by atoms with Gasteiger partial charge in [0.05, 0.1) is 18.1 Å². The number of fused-ring (bicyclic) bond motifs is 1. The molecule has 12 nitrogen and oxygen atoms in total. The molecule has 2 atom stereocenters. The SMILES string of the molecule is Cc1nc(CCn2cc(-c3ccc(-n4nnc5cnc(C[C@@H]6CC[C@@H](C(N)=O)C6)nc54)cc3)cn2)no1. The summed E-state index contributed by atoms with van der Waals surface area (Å²) in [6.07, 6.45) is 9.49. The topological polar surface area (TPSA) is 156 Å². The summed E-state index contributed by atoms with van der Waals surface area (Å²) in [6, 6.07) is 8.02. The Morgan fingerprint density at radius 3 is 2.73 bits per heavy atom. The Balaban J connectivity index is 1.16. The Morgan fingerprint density at radius 1 is 1.11 bits per heavy atom. The number of amides is 1. The highest BCUT2D eigenvalue weighted by Crippen LogP contribution is 2.32. The number of rotatable bonds is 8. The van der Waals surface area contributed by atoms with E-state index >= 15 is 0 Å². The van der Waals surface area contributed by atoms with Crippen molar-refractivity contribution in [3.05, 3.63) is 60.4 Å². The van der Waals surface area contributed by atoms with Crippen LogP contribution >= 0.6 is 0 Å². The van der Waals surface area contributed by atoms with E-state index in [2.05, 4.69) is 30.5 Å². The second-order valence-corrected chi connectivity index (χ2v) is 9.50. The predicted octanol–water partition coefficient (Wildman–Crippen LogP) is 2.45. The number of benzene rings is 1. The summed E-state index contributed by atoms with van der Waals surface area (Å²) < 4.78 is 8.61. The van der Waals surface area contributed by atoms with E-state index in [0.29, 0.717) is 48.2 Å². The van der Waals surface area contributed by atoms with E-state index in [1.165, 1.54) is 0 Å². The Kier molecular flexibility index (Phi) is 5.91. The van der Waals surface area contributed by atoms with Crippen LogP contribution in [-0.4, -0.2) is 50.8 Å². The molecule has 0 saturated heterocycles. The molecule has 0 bridgehead atoms. The van der Waals surface area contributed by atoms with Crippen molar-refractivity contribution in [2.45, 2.75) is 45.6 Å². The third kappa shape index (κ3) is 4.82. The zero-order chi connectivity index (χ0) is 25.4. The maximum atomic E-state index is 11.5. The summed E-state index contributed by atoms with van der Waals surface area (Å²) in [5.41, 5.74) is 9.67. The molecule has 1 aliphatic rings. The van der Waals surface area contributed by atoms with Crippen LogP contribution in [-0.2, 0) is 24.2 Å². The summed E-state index contributed by atoms with van der Waals surface area (Å²) in [5.74, 6) is 2.06. The molecule has 0 spiro atoms. The van der Waals surface area contributed by atoms with Crippen LogP contribution in [0.4, 0.5) is 0 Å². The molecule has 12 heteroatoms. The van der Waals surface area contributed by atoms with Crippen LogP contribution in [0.15, 0.2) is 47.4 Å². The number of carbonyl (C=O) groups is 1. The average molecular weight is 499 g/mol. The molecule has 1 fully saturated rings. The minimum absolute atomic E-state index is 0.0405. The van der Waals surface area contributed by atoms with Crippen LogP contribution in [0.3, 0.4) is 0 Å². The van der Waals surface area contributed by atoms with Crippen molar-refractivity contribution in [3.8, 4) is 16.8 Å². The number of nitrogens with zero attached hydrogens (tertiary/aromatic N) is 9. The van der Waals surface area contributed by atoms with Gasteiger partial charge >= 0.3 is 0 Å². The van der Waals surface area contributed by atoms with Crippen LogP contribution in [0, 0.1) is 18.8 Å². The highest BCUT2D eigenvalue weighted by atomic mass is 16.5. The van der Waals surface area contributed by atoms with Gasteiger partial charge in [0.25, 0.3) is 0 Å². The van der Waals surface area contributed by atoms with Crippen molar-refractivity contribution < 1.29 is 9.32 Å². The van der Waals surface area contributed by atoms with Gasteiger partial charge < -0.3 is 10.3 Å². The quantitative estimate of drug-likeness (QED) is 0.339. The highest BCUT2D eigenvalue weighted by Gasteiger charge is 2.29. The van der Waals surface area contributed by atoms with E-state index in [1.807, 2.05) is 41.3 Å². The van der Waals surface area contributed by atoms with Gasteiger partial charge in [-0.2, -0.15) is 14.8 Å². The third-order valence-electron chi connectivity index (χ3n) is 6.87. The van der Waals surface area contributed by atoms with E-state index in [1.54, 1.807) is 17.8 Å². The van der Waals surface area contributed by atoms with Crippen molar-refractivity contribution >= 4 is 17.1 Å².